The molecule has 11 heteroatoms. The van der Waals surface area contributed by atoms with E-state index in [0.717, 1.165) is 10.5 Å². The van der Waals surface area contributed by atoms with E-state index in [4.69, 9.17) is 9.47 Å². The number of rotatable bonds is 9. The van der Waals surface area contributed by atoms with E-state index in [-0.39, 0.29) is 47.6 Å². The molecule has 5 aromatic carbocycles. The summed E-state index contributed by atoms with van der Waals surface area (Å²) >= 11 is 0. The number of phenolic OH excluding ortho intramolecular Hbond substituents is 1. The molecule has 4 aliphatic rings. The summed E-state index contributed by atoms with van der Waals surface area (Å²) in [7, 11) is 2.80. The fourth-order valence-electron chi connectivity index (χ4n) is 9.60. The molecular formula is C48H38N2O9. The summed E-state index contributed by atoms with van der Waals surface area (Å²) in [5, 5.41) is 10.9. The highest BCUT2D eigenvalue weighted by molar-refractivity contribution is 6.24. The van der Waals surface area contributed by atoms with E-state index < -0.39 is 53.2 Å². The van der Waals surface area contributed by atoms with Gasteiger partial charge < -0.3 is 14.6 Å². The molecule has 59 heavy (non-hydrogen) atoms. The maximum atomic E-state index is 14.7. The molecule has 1 saturated carbocycles. The van der Waals surface area contributed by atoms with Crippen LogP contribution in [0.25, 0.3) is 0 Å². The van der Waals surface area contributed by atoms with Crippen LogP contribution in [0.2, 0.25) is 0 Å². The zero-order valence-electron chi connectivity index (χ0n) is 32.1. The minimum Gasteiger partial charge on any atom is -0.502 e. The number of fused-ring (bicyclic) bond motifs is 4. The van der Waals surface area contributed by atoms with Crippen molar-refractivity contribution in [1.29, 1.82) is 0 Å². The molecule has 0 unspecified atom stereocenters. The molecule has 9 rings (SSSR count). The van der Waals surface area contributed by atoms with Crippen molar-refractivity contribution >= 4 is 46.6 Å². The Kier molecular flexibility index (Phi) is 9.30. The first-order valence-corrected chi connectivity index (χ1v) is 19.4. The molecule has 0 bridgehead atoms. The standard InChI is InChI=1S/C48H38N2O9/c1-58-37-23-30(24-38(59-2)44(37)53)39-33-21-22-34-40(47(56)49(45(34)54)31-17-13-28(14-18-31)42(51)26-9-5-3-6-10-26)35(33)25-36-41(39)48(57)50(46(36)55)32-19-15-29(16-20-32)43(52)27-11-7-4-8-12-27/h3-21,23-24,34-36,39-41,53H,22,25H2,1-2H3/t34-,35+,36+,39-,40-,41+/m0/s1. The molecule has 1 N–H and O–H groups in total. The molecule has 4 amide bonds. The van der Waals surface area contributed by atoms with Gasteiger partial charge in [-0.25, -0.2) is 0 Å². The lowest BCUT2D eigenvalue weighted by Gasteiger charge is -2.44. The number of anilines is 2. The van der Waals surface area contributed by atoms with Crippen molar-refractivity contribution in [1.82, 2.24) is 0 Å². The second kappa shape index (κ2) is 14.7. The van der Waals surface area contributed by atoms with Crippen molar-refractivity contribution in [2.24, 2.45) is 29.6 Å². The molecule has 2 heterocycles. The number of carbonyl (C=O) groups is 6. The van der Waals surface area contributed by atoms with E-state index in [1.807, 2.05) is 18.2 Å². The third-order valence-electron chi connectivity index (χ3n) is 12.4. The van der Waals surface area contributed by atoms with Crippen LogP contribution >= 0.6 is 0 Å². The second-order valence-corrected chi connectivity index (χ2v) is 15.3. The highest BCUT2D eigenvalue weighted by atomic mass is 16.5. The molecule has 11 nitrogen and oxygen atoms in total. The largest absolute Gasteiger partial charge is 0.502 e. The zero-order chi connectivity index (χ0) is 41.1. The Bertz CT molecular complexity index is 2560. The fraction of sp³-hybridized carbons (Fsp3) is 0.208. The van der Waals surface area contributed by atoms with Gasteiger partial charge in [0.15, 0.2) is 23.1 Å². The number of hydrogen-bond acceptors (Lipinski definition) is 9. The average molecular weight is 787 g/mol. The van der Waals surface area contributed by atoms with E-state index in [1.165, 1.54) is 19.1 Å². The quantitative estimate of drug-likeness (QED) is 0.0956. The number of benzene rings is 5. The van der Waals surface area contributed by atoms with Crippen LogP contribution in [0, 0.1) is 29.6 Å². The second-order valence-electron chi connectivity index (χ2n) is 15.3. The third-order valence-corrected chi connectivity index (χ3v) is 12.4. The zero-order valence-corrected chi connectivity index (χ0v) is 32.1. The minimum absolute atomic E-state index is 0.104. The topological polar surface area (TPSA) is 148 Å². The number of imide groups is 2. The van der Waals surface area contributed by atoms with E-state index in [0.29, 0.717) is 39.2 Å². The van der Waals surface area contributed by atoms with Crippen molar-refractivity contribution in [2.75, 3.05) is 24.0 Å². The summed E-state index contributed by atoms with van der Waals surface area (Å²) in [5.41, 5.74) is 3.76. The molecule has 2 aliphatic heterocycles. The Balaban J connectivity index is 1.08. The lowest BCUT2D eigenvalue weighted by atomic mass is 9.57. The minimum atomic E-state index is -0.899. The number of carbonyl (C=O) groups excluding carboxylic acids is 6. The Morgan fingerprint density at radius 1 is 0.559 bits per heavy atom. The van der Waals surface area contributed by atoms with Gasteiger partial charge in [0.05, 0.1) is 49.3 Å². The lowest BCUT2D eigenvalue weighted by Crippen LogP contribution is -2.43. The SMILES string of the molecule is COc1cc([C@H]2C3=CC[C@@H]4C(=O)N(c5ccc(C(=O)c6ccccc6)cc5)C(=O)[C@@H]4[C@@H]3C[C@H]3C(=O)N(c4ccc(C(=O)c5ccccc5)cc4)C(=O)[C@@H]23)cc(OC)c1O. The molecular weight excluding hydrogens is 749 g/mol. The average Bonchev–Trinajstić information content (AvgIpc) is 3.69. The van der Waals surface area contributed by atoms with E-state index >= 15 is 0 Å². The normalized spacial score (nSPS) is 23.3. The Hall–Kier alpha value is -7.14. The van der Waals surface area contributed by atoms with E-state index in [2.05, 4.69) is 0 Å². The van der Waals surface area contributed by atoms with Crippen molar-refractivity contribution in [3.05, 3.63) is 161 Å². The number of phenols is 1. The molecule has 2 aliphatic carbocycles. The highest BCUT2D eigenvalue weighted by Crippen LogP contribution is 2.59. The summed E-state index contributed by atoms with van der Waals surface area (Å²) < 4.78 is 11.0. The van der Waals surface area contributed by atoms with Gasteiger partial charge in [-0.3, -0.25) is 38.6 Å². The van der Waals surface area contributed by atoms with Crippen LogP contribution in [0.4, 0.5) is 11.4 Å². The Morgan fingerprint density at radius 3 is 1.47 bits per heavy atom. The molecule has 6 atom stereocenters. The van der Waals surface area contributed by atoms with Crippen molar-refractivity contribution in [2.45, 2.75) is 18.8 Å². The molecule has 5 aromatic rings. The number of nitrogens with zero attached hydrogens (tertiary/aromatic N) is 2. The van der Waals surface area contributed by atoms with Crippen molar-refractivity contribution < 1.29 is 43.3 Å². The van der Waals surface area contributed by atoms with Gasteiger partial charge in [0.2, 0.25) is 29.4 Å². The molecule has 0 radical (unpaired) electrons. The van der Waals surface area contributed by atoms with Gasteiger partial charge in [-0.05, 0) is 85.0 Å². The summed E-state index contributed by atoms with van der Waals surface area (Å²) in [5.74, 6) is -6.72. The van der Waals surface area contributed by atoms with Crippen molar-refractivity contribution in [3.63, 3.8) is 0 Å². The maximum absolute atomic E-state index is 14.7. The molecule has 0 spiro atoms. The monoisotopic (exact) mass is 786 g/mol. The van der Waals surface area contributed by atoms with E-state index in [9.17, 15) is 33.9 Å². The smallest absolute Gasteiger partial charge is 0.238 e. The van der Waals surface area contributed by atoms with Gasteiger partial charge in [0.25, 0.3) is 0 Å². The highest BCUT2D eigenvalue weighted by Gasteiger charge is 2.62. The van der Waals surface area contributed by atoms with Gasteiger partial charge in [0.1, 0.15) is 0 Å². The van der Waals surface area contributed by atoms with E-state index in [1.54, 1.807) is 109 Å². The summed E-state index contributed by atoms with van der Waals surface area (Å²) in [6, 6.07) is 33.6. The maximum Gasteiger partial charge on any atom is 0.238 e. The molecule has 3 fully saturated rings. The van der Waals surface area contributed by atoms with Crippen LogP contribution in [0.1, 0.15) is 56.2 Å². The first-order valence-electron chi connectivity index (χ1n) is 19.4. The van der Waals surface area contributed by atoms with Crippen LogP contribution in [0.15, 0.2) is 133 Å². The number of hydrogen-bond donors (Lipinski definition) is 1. The van der Waals surface area contributed by atoms with Crippen LogP contribution in [0.5, 0.6) is 17.2 Å². The number of allylic oxidation sites excluding steroid dienone is 2. The Morgan fingerprint density at radius 2 is 1.00 bits per heavy atom. The Labute approximate surface area is 339 Å². The van der Waals surface area contributed by atoms with Gasteiger partial charge in [-0.2, -0.15) is 0 Å². The number of methoxy groups -OCH3 is 2. The number of aromatic hydroxyl groups is 1. The molecule has 294 valence electrons. The van der Waals surface area contributed by atoms with Gasteiger partial charge >= 0.3 is 0 Å². The summed E-state index contributed by atoms with van der Waals surface area (Å²) in [6.07, 6.45) is 2.30. The van der Waals surface area contributed by atoms with Gasteiger partial charge in [-0.1, -0.05) is 72.3 Å². The first kappa shape index (κ1) is 37.4. The first-order chi connectivity index (χ1) is 28.6. The van der Waals surface area contributed by atoms with Crippen LogP contribution in [0.3, 0.4) is 0 Å². The van der Waals surface area contributed by atoms with Gasteiger partial charge in [0, 0.05) is 28.2 Å². The number of ketones is 2. The number of ether oxygens (including phenoxy) is 2. The molecule has 2 saturated heterocycles. The number of amides is 4. The summed E-state index contributed by atoms with van der Waals surface area (Å²) in [6.45, 7) is 0. The predicted molar refractivity (Wildman–Crippen MR) is 216 cm³/mol. The third kappa shape index (κ3) is 6.03. The fourth-order valence-corrected chi connectivity index (χ4v) is 9.60. The predicted octanol–water partition coefficient (Wildman–Crippen LogP) is 6.92. The van der Waals surface area contributed by atoms with Crippen LogP contribution < -0.4 is 19.3 Å². The van der Waals surface area contributed by atoms with Crippen molar-refractivity contribution in [3.8, 4) is 17.2 Å². The lowest BCUT2D eigenvalue weighted by molar-refractivity contribution is -0.126. The van der Waals surface area contributed by atoms with Crippen LogP contribution in [-0.4, -0.2) is 54.5 Å². The molecule has 0 aromatic heterocycles. The van der Waals surface area contributed by atoms with Gasteiger partial charge in [-0.15, -0.1) is 0 Å². The van der Waals surface area contributed by atoms with Crippen LogP contribution in [-0.2, 0) is 19.2 Å². The summed E-state index contributed by atoms with van der Waals surface area (Å²) in [4.78, 5) is 86.7.